The number of amides is 1. The summed E-state index contributed by atoms with van der Waals surface area (Å²) >= 11 is 0. The van der Waals surface area contributed by atoms with Crippen molar-refractivity contribution in [3.63, 3.8) is 0 Å². The topological polar surface area (TPSA) is 101 Å². The highest BCUT2D eigenvalue weighted by Gasteiger charge is 2.37. The average molecular weight is 474 g/mol. The van der Waals surface area contributed by atoms with Gasteiger partial charge in [-0.2, -0.15) is 5.10 Å². The van der Waals surface area contributed by atoms with Gasteiger partial charge in [-0.1, -0.05) is 29.8 Å². The number of anilines is 1. The summed E-state index contributed by atoms with van der Waals surface area (Å²) in [6.45, 7) is 2.28. The molecule has 0 spiro atoms. The summed E-state index contributed by atoms with van der Waals surface area (Å²) in [5.74, 6) is 0.266. The molecule has 0 radical (unpaired) electrons. The van der Waals surface area contributed by atoms with Crippen LogP contribution in [0.2, 0.25) is 0 Å². The molecule has 0 bridgehead atoms. The largest absolute Gasteiger partial charge is 0.467 e. The fourth-order valence-corrected chi connectivity index (χ4v) is 4.51. The van der Waals surface area contributed by atoms with Gasteiger partial charge in [0.25, 0.3) is 5.91 Å². The van der Waals surface area contributed by atoms with Gasteiger partial charge >= 0.3 is 5.97 Å². The Labute approximate surface area is 203 Å². The van der Waals surface area contributed by atoms with Crippen LogP contribution in [-0.2, 0) is 14.3 Å². The minimum absolute atomic E-state index is 0.392. The second-order valence-corrected chi connectivity index (χ2v) is 8.75. The Morgan fingerprint density at radius 3 is 2.63 bits per heavy atom. The number of hydrogen-bond acceptors (Lipinski definition) is 8. The zero-order valence-corrected chi connectivity index (χ0v) is 19.5. The number of hydrogen-bond donors (Lipinski definition) is 0. The van der Waals surface area contributed by atoms with Crippen LogP contribution in [0.25, 0.3) is 0 Å². The molecule has 2 unspecified atom stereocenters. The molecule has 5 rings (SSSR count). The Kier molecular flexibility index (Phi) is 6.56. The van der Waals surface area contributed by atoms with Gasteiger partial charge < -0.3 is 14.1 Å². The fraction of sp³-hybridized carbons (Fsp3) is 0.346. The Morgan fingerprint density at radius 1 is 1.09 bits per heavy atom. The van der Waals surface area contributed by atoms with E-state index in [0.29, 0.717) is 31.1 Å². The normalized spacial score (nSPS) is 20.0. The van der Waals surface area contributed by atoms with E-state index in [1.165, 1.54) is 5.01 Å². The third kappa shape index (κ3) is 4.94. The predicted octanol–water partition coefficient (Wildman–Crippen LogP) is 3.66. The van der Waals surface area contributed by atoms with E-state index in [9.17, 15) is 9.59 Å². The predicted molar refractivity (Wildman–Crippen MR) is 129 cm³/mol. The molecule has 9 nitrogen and oxygen atoms in total. The zero-order chi connectivity index (χ0) is 24.2. The Bertz CT molecular complexity index is 1190. The molecule has 9 heteroatoms. The molecule has 35 heavy (non-hydrogen) atoms. The monoisotopic (exact) mass is 473 g/mol. The highest BCUT2D eigenvalue weighted by Crippen LogP contribution is 2.33. The maximum atomic E-state index is 13.2. The smallest absolute Gasteiger partial charge is 0.329 e. The molecular weight excluding hydrogens is 446 g/mol. The van der Waals surface area contributed by atoms with Crippen LogP contribution in [0, 0.1) is 6.92 Å². The molecule has 2 aliphatic heterocycles. The number of rotatable bonds is 6. The van der Waals surface area contributed by atoms with Gasteiger partial charge in [-0.25, -0.2) is 19.8 Å². The number of carbonyl (C=O) groups excluding carboxylic acids is 2. The number of aryl methyl sites for hydroxylation is 1. The molecule has 180 valence electrons. The van der Waals surface area contributed by atoms with Crippen molar-refractivity contribution in [3.8, 4) is 0 Å². The van der Waals surface area contributed by atoms with Crippen LogP contribution in [0.5, 0.6) is 0 Å². The van der Waals surface area contributed by atoms with Gasteiger partial charge in [0.1, 0.15) is 17.8 Å². The molecule has 2 aliphatic rings. The quantitative estimate of drug-likeness (QED) is 0.504. The van der Waals surface area contributed by atoms with Crippen LogP contribution >= 0.6 is 0 Å². The summed E-state index contributed by atoms with van der Waals surface area (Å²) in [5.41, 5.74) is 2.87. The Balaban J connectivity index is 1.29. The van der Waals surface area contributed by atoms with E-state index in [2.05, 4.69) is 15.1 Å². The summed E-state index contributed by atoms with van der Waals surface area (Å²) in [4.78, 5) is 36.6. The lowest BCUT2D eigenvalue weighted by molar-refractivity contribution is -0.154. The maximum Gasteiger partial charge on any atom is 0.329 e. The molecule has 1 fully saturated rings. The second kappa shape index (κ2) is 10.1. The number of furan rings is 1. The van der Waals surface area contributed by atoms with E-state index >= 15 is 0 Å². The van der Waals surface area contributed by atoms with E-state index in [1.54, 1.807) is 30.8 Å². The van der Waals surface area contributed by atoms with Crippen LogP contribution < -0.4 is 4.90 Å². The molecular formula is C26H27N5O4. The van der Waals surface area contributed by atoms with Crippen molar-refractivity contribution in [2.24, 2.45) is 5.10 Å². The lowest BCUT2D eigenvalue weighted by atomic mass is 10.0. The van der Waals surface area contributed by atoms with Gasteiger partial charge in [-0.3, -0.25) is 4.79 Å². The highest BCUT2D eigenvalue weighted by molar-refractivity contribution is 6.03. The molecule has 3 aromatic rings. The number of esters is 1. The number of hydrazone groups is 1. The Morgan fingerprint density at radius 2 is 1.89 bits per heavy atom. The minimum Gasteiger partial charge on any atom is -0.467 e. The van der Waals surface area contributed by atoms with Crippen LogP contribution in [0.1, 0.15) is 48.6 Å². The molecule has 4 heterocycles. The molecule has 1 amide bonds. The molecule has 0 aliphatic carbocycles. The third-order valence-electron chi connectivity index (χ3n) is 6.34. The lowest BCUT2D eigenvalue weighted by Gasteiger charge is -2.33. The van der Waals surface area contributed by atoms with Gasteiger partial charge in [-0.15, -0.1) is 0 Å². The van der Waals surface area contributed by atoms with Crippen LogP contribution in [0.4, 0.5) is 5.95 Å². The first kappa shape index (κ1) is 22.8. The summed E-state index contributed by atoms with van der Waals surface area (Å²) in [5, 5.41) is 5.97. The number of nitrogens with zero attached hydrogens (tertiary/aromatic N) is 5. The molecule has 1 saturated heterocycles. The van der Waals surface area contributed by atoms with E-state index in [-0.39, 0.29) is 0 Å². The number of ether oxygens (including phenoxy) is 1. The first-order valence-electron chi connectivity index (χ1n) is 11.8. The number of aromatic nitrogens is 2. The first-order chi connectivity index (χ1) is 17.1. The molecule has 1 aromatic carbocycles. The molecule has 2 atom stereocenters. The van der Waals surface area contributed by atoms with Gasteiger partial charge in [0.05, 0.1) is 12.0 Å². The fourth-order valence-electron chi connectivity index (χ4n) is 4.51. The van der Waals surface area contributed by atoms with Crippen molar-refractivity contribution in [1.29, 1.82) is 0 Å². The lowest BCUT2D eigenvalue weighted by Crippen LogP contribution is -2.47. The van der Waals surface area contributed by atoms with Crippen molar-refractivity contribution < 1.29 is 18.7 Å². The Hall–Kier alpha value is -4.01. The van der Waals surface area contributed by atoms with E-state index in [0.717, 1.165) is 29.7 Å². The second-order valence-electron chi connectivity index (χ2n) is 8.75. The third-order valence-corrected chi connectivity index (χ3v) is 6.34. The molecule has 0 saturated carbocycles. The van der Waals surface area contributed by atoms with Gasteiger partial charge in [0.2, 0.25) is 5.95 Å². The van der Waals surface area contributed by atoms with E-state index < -0.39 is 30.6 Å². The SMILES string of the molecule is Cc1ccc(C2=NN(C(=O)COC(=O)C3CCCCN3c3ncccn3)C(c3ccco3)C2)cc1. The van der Waals surface area contributed by atoms with Crippen molar-refractivity contribution in [3.05, 3.63) is 78.0 Å². The van der Waals surface area contributed by atoms with Crippen molar-refractivity contribution in [2.75, 3.05) is 18.1 Å². The summed E-state index contributed by atoms with van der Waals surface area (Å²) in [6.07, 6.45) is 7.84. The number of benzene rings is 1. The minimum atomic E-state index is -0.523. The highest BCUT2D eigenvalue weighted by atomic mass is 16.5. The van der Waals surface area contributed by atoms with Crippen molar-refractivity contribution in [2.45, 2.75) is 44.7 Å². The maximum absolute atomic E-state index is 13.2. The standard InChI is InChI=1S/C26H27N5O4/c1-18-8-10-19(11-9-18)20-16-22(23-7-4-15-34-23)31(29-20)24(32)17-35-25(33)21-6-2-3-14-30(21)26-27-12-5-13-28-26/h4-5,7-13,15,21-22H,2-3,6,14,16-17H2,1H3. The summed E-state index contributed by atoms with van der Waals surface area (Å²) in [6, 6.07) is 12.4. The summed E-state index contributed by atoms with van der Waals surface area (Å²) < 4.78 is 11.1. The van der Waals surface area contributed by atoms with Crippen molar-refractivity contribution in [1.82, 2.24) is 15.0 Å². The van der Waals surface area contributed by atoms with E-state index in [4.69, 9.17) is 9.15 Å². The molecule has 2 aromatic heterocycles. The number of piperidine rings is 1. The van der Waals surface area contributed by atoms with E-state index in [1.807, 2.05) is 42.2 Å². The average Bonchev–Trinajstić information content (AvgIpc) is 3.58. The van der Waals surface area contributed by atoms with Crippen LogP contribution in [-0.4, -0.2) is 51.8 Å². The molecule has 0 N–H and O–H groups in total. The van der Waals surface area contributed by atoms with Crippen molar-refractivity contribution >= 4 is 23.5 Å². The van der Waals surface area contributed by atoms with Gasteiger partial charge in [0, 0.05) is 25.4 Å². The first-order valence-corrected chi connectivity index (χ1v) is 11.8. The van der Waals surface area contributed by atoms with Crippen LogP contribution in [0.15, 0.2) is 70.6 Å². The van der Waals surface area contributed by atoms with Gasteiger partial charge in [0.15, 0.2) is 6.61 Å². The van der Waals surface area contributed by atoms with Crippen LogP contribution in [0.3, 0.4) is 0 Å². The summed E-state index contributed by atoms with van der Waals surface area (Å²) in [7, 11) is 0. The zero-order valence-electron chi connectivity index (χ0n) is 19.5. The van der Waals surface area contributed by atoms with Gasteiger partial charge in [-0.05, 0) is 49.9 Å². The number of carbonyl (C=O) groups is 2.